The average molecular weight is 360 g/mol. The number of amides is 2. The fourth-order valence-corrected chi connectivity index (χ4v) is 3.73. The van der Waals surface area contributed by atoms with Gasteiger partial charge < -0.3 is 20.1 Å². The van der Waals surface area contributed by atoms with Crippen LogP contribution in [0.2, 0.25) is 0 Å². The van der Waals surface area contributed by atoms with Gasteiger partial charge in [-0.15, -0.1) is 0 Å². The lowest BCUT2D eigenvalue weighted by Gasteiger charge is -2.20. The number of carbonyl (C=O) groups excluding carboxylic acids is 2. The summed E-state index contributed by atoms with van der Waals surface area (Å²) >= 11 is 0. The molecule has 1 aliphatic heterocycles. The lowest BCUT2D eigenvalue weighted by molar-refractivity contribution is -0.141. The van der Waals surface area contributed by atoms with E-state index in [0.29, 0.717) is 43.9 Å². The third-order valence-electron chi connectivity index (χ3n) is 5.08. The van der Waals surface area contributed by atoms with Gasteiger partial charge in [-0.25, -0.2) is 0 Å². The summed E-state index contributed by atoms with van der Waals surface area (Å²) in [5, 5.41) is 12.0. The Morgan fingerprint density at radius 3 is 2.73 bits per heavy atom. The van der Waals surface area contributed by atoms with Gasteiger partial charge in [0, 0.05) is 19.0 Å². The number of nitrogens with zero attached hydrogens (tertiary/aromatic N) is 1. The van der Waals surface area contributed by atoms with Crippen LogP contribution in [0.15, 0.2) is 24.3 Å². The number of anilines is 1. The molecule has 2 fully saturated rings. The minimum atomic E-state index is -0.809. The van der Waals surface area contributed by atoms with E-state index in [9.17, 15) is 14.4 Å². The Kier molecular flexibility index (Phi) is 5.44. The molecular weight excluding hydrogens is 336 g/mol. The molecule has 1 aromatic rings. The molecule has 1 aliphatic carbocycles. The van der Waals surface area contributed by atoms with Crippen LogP contribution < -0.4 is 15.0 Å². The van der Waals surface area contributed by atoms with Crippen LogP contribution in [0.25, 0.3) is 0 Å². The van der Waals surface area contributed by atoms with Crippen molar-refractivity contribution in [3.8, 4) is 5.75 Å². The summed E-state index contributed by atoms with van der Waals surface area (Å²) in [7, 11) is 0. The smallest absolute Gasteiger partial charge is 0.306 e. The first kappa shape index (κ1) is 18.2. The zero-order valence-electron chi connectivity index (χ0n) is 14.8. The van der Waals surface area contributed by atoms with Gasteiger partial charge in [0.25, 0.3) is 0 Å². The Bertz CT molecular complexity index is 705. The largest absolute Gasteiger partial charge is 0.492 e. The molecule has 140 valence electrons. The van der Waals surface area contributed by atoms with Crippen molar-refractivity contribution < 1.29 is 24.2 Å². The van der Waals surface area contributed by atoms with Crippen LogP contribution in [0.4, 0.5) is 5.69 Å². The van der Waals surface area contributed by atoms with Crippen molar-refractivity contribution in [2.75, 3.05) is 18.1 Å². The van der Waals surface area contributed by atoms with Crippen molar-refractivity contribution in [2.24, 2.45) is 11.8 Å². The van der Waals surface area contributed by atoms with Gasteiger partial charge in [-0.05, 0) is 38.3 Å². The van der Waals surface area contributed by atoms with Gasteiger partial charge in [0.05, 0.1) is 24.1 Å². The molecule has 1 heterocycles. The highest BCUT2D eigenvalue weighted by Gasteiger charge is 2.38. The van der Waals surface area contributed by atoms with E-state index in [1.807, 2.05) is 31.2 Å². The molecule has 1 saturated carbocycles. The van der Waals surface area contributed by atoms with Crippen LogP contribution >= 0.6 is 0 Å². The zero-order valence-corrected chi connectivity index (χ0v) is 14.8. The molecule has 2 amide bonds. The molecule has 1 saturated heterocycles. The van der Waals surface area contributed by atoms with Gasteiger partial charge >= 0.3 is 5.97 Å². The van der Waals surface area contributed by atoms with Gasteiger partial charge in [0.15, 0.2) is 0 Å². The van der Waals surface area contributed by atoms with E-state index in [2.05, 4.69) is 5.32 Å². The highest BCUT2D eigenvalue weighted by atomic mass is 16.5. The van der Waals surface area contributed by atoms with Crippen molar-refractivity contribution in [2.45, 2.75) is 38.6 Å². The van der Waals surface area contributed by atoms with E-state index < -0.39 is 11.9 Å². The Balaban J connectivity index is 1.63. The van der Waals surface area contributed by atoms with Crippen LogP contribution in [-0.2, 0) is 14.4 Å². The Morgan fingerprint density at radius 1 is 1.27 bits per heavy atom. The fraction of sp³-hybridized carbons (Fsp3) is 0.526. The normalized spacial score (nSPS) is 25.3. The molecule has 0 spiro atoms. The quantitative estimate of drug-likeness (QED) is 0.807. The van der Waals surface area contributed by atoms with Crippen molar-refractivity contribution >= 4 is 23.5 Å². The lowest BCUT2D eigenvalue weighted by atomic mass is 10.1. The number of carboxylic acid groups (broad SMARTS) is 1. The Hall–Kier alpha value is -2.57. The molecule has 3 rings (SSSR count). The number of rotatable bonds is 6. The number of carboxylic acids is 1. The third kappa shape index (κ3) is 3.81. The second kappa shape index (κ2) is 7.76. The maximum absolute atomic E-state index is 12.5. The number of benzene rings is 1. The molecule has 3 atom stereocenters. The Morgan fingerprint density at radius 2 is 2.04 bits per heavy atom. The topological polar surface area (TPSA) is 95.9 Å². The SMILES string of the molecule is CCOc1ccccc1N1CC(C(=O)N[C@H]2CC[C@@H](C(=O)O)C2)CC1=O. The molecule has 1 unspecified atom stereocenters. The maximum atomic E-state index is 12.5. The van der Waals surface area contributed by atoms with Crippen molar-refractivity contribution in [1.29, 1.82) is 0 Å². The molecule has 1 aromatic carbocycles. The molecule has 0 radical (unpaired) electrons. The summed E-state index contributed by atoms with van der Waals surface area (Å²) in [6.07, 6.45) is 1.86. The summed E-state index contributed by atoms with van der Waals surface area (Å²) in [5.74, 6) is -1.28. The minimum Gasteiger partial charge on any atom is -0.492 e. The monoisotopic (exact) mass is 360 g/mol. The molecular formula is C19H24N2O5. The number of hydrogen-bond acceptors (Lipinski definition) is 4. The van der Waals surface area contributed by atoms with Crippen LogP contribution in [0.5, 0.6) is 5.75 Å². The Labute approximate surface area is 152 Å². The summed E-state index contributed by atoms with van der Waals surface area (Å²) in [4.78, 5) is 37.6. The molecule has 0 aromatic heterocycles. The molecule has 7 heteroatoms. The van der Waals surface area contributed by atoms with Crippen LogP contribution in [0, 0.1) is 11.8 Å². The highest BCUT2D eigenvalue weighted by Crippen LogP contribution is 2.33. The molecule has 7 nitrogen and oxygen atoms in total. The van der Waals surface area contributed by atoms with Crippen molar-refractivity contribution in [3.05, 3.63) is 24.3 Å². The highest BCUT2D eigenvalue weighted by molar-refractivity contribution is 6.01. The molecule has 2 N–H and O–H groups in total. The minimum absolute atomic E-state index is 0.105. The molecule has 2 aliphatic rings. The van der Waals surface area contributed by atoms with Gasteiger partial charge in [-0.2, -0.15) is 0 Å². The van der Waals surface area contributed by atoms with Crippen LogP contribution in [0.1, 0.15) is 32.6 Å². The maximum Gasteiger partial charge on any atom is 0.306 e. The lowest BCUT2D eigenvalue weighted by Crippen LogP contribution is -2.39. The first-order valence-electron chi connectivity index (χ1n) is 9.05. The summed E-state index contributed by atoms with van der Waals surface area (Å²) in [5.41, 5.74) is 0.682. The standard InChI is InChI=1S/C19H24N2O5/c1-2-26-16-6-4-3-5-15(16)21-11-13(10-17(21)22)18(23)20-14-8-7-12(9-14)19(24)25/h3-6,12-14H,2,7-11H2,1H3,(H,20,23)(H,24,25)/t12-,13?,14+/m1/s1. The van der Waals surface area contributed by atoms with E-state index in [0.717, 1.165) is 0 Å². The first-order valence-corrected chi connectivity index (χ1v) is 9.05. The predicted molar refractivity (Wildman–Crippen MR) is 95.0 cm³/mol. The molecule has 0 bridgehead atoms. The van der Waals surface area contributed by atoms with E-state index >= 15 is 0 Å². The summed E-state index contributed by atoms with van der Waals surface area (Å²) in [6, 6.07) is 7.19. The number of nitrogens with one attached hydrogen (secondary N) is 1. The summed E-state index contributed by atoms with van der Waals surface area (Å²) < 4.78 is 5.59. The zero-order chi connectivity index (χ0) is 18.7. The van der Waals surface area contributed by atoms with E-state index in [-0.39, 0.29) is 30.2 Å². The van der Waals surface area contributed by atoms with Crippen LogP contribution in [0.3, 0.4) is 0 Å². The van der Waals surface area contributed by atoms with Crippen molar-refractivity contribution in [3.63, 3.8) is 0 Å². The average Bonchev–Trinajstić information content (AvgIpc) is 3.23. The van der Waals surface area contributed by atoms with E-state index in [4.69, 9.17) is 9.84 Å². The number of carbonyl (C=O) groups is 3. The predicted octanol–water partition coefficient (Wildman–Crippen LogP) is 1.81. The third-order valence-corrected chi connectivity index (χ3v) is 5.08. The van der Waals surface area contributed by atoms with E-state index in [1.54, 1.807) is 4.90 Å². The second-order valence-electron chi connectivity index (χ2n) is 6.86. The summed E-state index contributed by atoms with van der Waals surface area (Å²) in [6.45, 7) is 2.68. The van der Waals surface area contributed by atoms with Gasteiger partial charge in [0.2, 0.25) is 11.8 Å². The van der Waals surface area contributed by atoms with Gasteiger partial charge in [0.1, 0.15) is 5.75 Å². The van der Waals surface area contributed by atoms with E-state index in [1.165, 1.54) is 0 Å². The fourth-order valence-electron chi connectivity index (χ4n) is 3.73. The second-order valence-corrected chi connectivity index (χ2v) is 6.86. The van der Waals surface area contributed by atoms with Gasteiger partial charge in [-0.1, -0.05) is 12.1 Å². The number of para-hydroxylation sites is 2. The first-order chi connectivity index (χ1) is 12.5. The van der Waals surface area contributed by atoms with Crippen LogP contribution in [-0.4, -0.2) is 42.1 Å². The van der Waals surface area contributed by atoms with Crippen molar-refractivity contribution in [1.82, 2.24) is 5.32 Å². The molecule has 26 heavy (non-hydrogen) atoms. The number of aliphatic carboxylic acids is 1. The number of ether oxygens (including phenoxy) is 1. The van der Waals surface area contributed by atoms with Gasteiger partial charge in [-0.3, -0.25) is 14.4 Å². The number of hydrogen-bond donors (Lipinski definition) is 2.